The molecule has 1 unspecified atom stereocenters. The van der Waals surface area contributed by atoms with Crippen LogP contribution in [0.15, 0.2) is 46.9 Å². The number of carbonyl (C=O) groups excluding carboxylic acids is 1. The third kappa shape index (κ3) is 1.84. The van der Waals surface area contributed by atoms with Gasteiger partial charge >= 0.3 is 0 Å². The van der Waals surface area contributed by atoms with Crippen LogP contribution in [0.4, 0.5) is 5.69 Å². The van der Waals surface area contributed by atoms with Gasteiger partial charge in [0, 0.05) is 15.2 Å². The van der Waals surface area contributed by atoms with Gasteiger partial charge in [0.25, 0.3) is 0 Å². The minimum atomic E-state index is -0.318. The smallest absolute Gasteiger partial charge is 0.236 e. The molecule has 1 aliphatic heterocycles. The molecule has 18 heavy (non-hydrogen) atoms. The number of amides is 1. The Kier molecular flexibility index (Phi) is 2.88. The minimum Gasteiger partial charge on any atom is -0.325 e. The van der Waals surface area contributed by atoms with E-state index in [-0.39, 0.29) is 11.8 Å². The van der Waals surface area contributed by atoms with Gasteiger partial charge in [-0.15, -0.1) is 0 Å². The van der Waals surface area contributed by atoms with Gasteiger partial charge in [0.05, 0.1) is 5.92 Å². The first-order valence-corrected chi connectivity index (χ1v) is 6.68. The quantitative estimate of drug-likeness (QED) is 0.838. The molecule has 0 spiro atoms. The van der Waals surface area contributed by atoms with Gasteiger partial charge in [0.1, 0.15) is 0 Å². The van der Waals surface area contributed by atoms with Crippen LogP contribution in [-0.4, -0.2) is 5.91 Å². The molecule has 1 amide bonds. The lowest BCUT2D eigenvalue weighted by Gasteiger charge is -2.11. The number of nitrogens with one attached hydrogen (secondary N) is 1. The number of fused-ring (bicyclic) bond motifs is 1. The highest BCUT2D eigenvalue weighted by Gasteiger charge is 2.32. The molecule has 1 atom stereocenters. The summed E-state index contributed by atoms with van der Waals surface area (Å²) in [7, 11) is 0. The van der Waals surface area contributed by atoms with Crippen molar-refractivity contribution in [2.45, 2.75) is 5.92 Å². The van der Waals surface area contributed by atoms with E-state index in [1.54, 1.807) is 0 Å². The van der Waals surface area contributed by atoms with Crippen molar-refractivity contribution in [2.24, 2.45) is 0 Å². The molecule has 1 N–H and O–H groups in total. The maximum atomic E-state index is 12.1. The first kappa shape index (κ1) is 11.8. The molecule has 0 bridgehead atoms. The Morgan fingerprint density at radius 2 is 1.89 bits per heavy atom. The molecule has 0 radical (unpaired) electrons. The molecule has 1 heterocycles. The Morgan fingerprint density at radius 3 is 2.67 bits per heavy atom. The lowest BCUT2D eigenvalue weighted by molar-refractivity contribution is -0.116. The first-order valence-electron chi connectivity index (χ1n) is 5.51. The number of carbonyl (C=O) groups is 1. The monoisotopic (exact) mass is 321 g/mol. The van der Waals surface area contributed by atoms with E-state index < -0.39 is 0 Å². The average Bonchev–Trinajstić information content (AvgIpc) is 2.66. The molecule has 1 aliphatic rings. The van der Waals surface area contributed by atoms with Crippen LogP contribution in [-0.2, 0) is 4.79 Å². The Labute approximate surface area is 118 Å². The second kappa shape index (κ2) is 4.41. The molecule has 90 valence electrons. The van der Waals surface area contributed by atoms with Crippen LogP contribution in [0.25, 0.3) is 0 Å². The highest BCUT2D eigenvalue weighted by Crippen LogP contribution is 2.40. The van der Waals surface area contributed by atoms with Gasteiger partial charge in [0.2, 0.25) is 5.91 Å². The van der Waals surface area contributed by atoms with Gasteiger partial charge in [-0.2, -0.15) is 0 Å². The Morgan fingerprint density at radius 1 is 1.11 bits per heavy atom. The van der Waals surface area contributed by atoms with E-state index in [4.69, 9.17) is 11.6 Å². The van der Waals surface area contributed by atoms with Crippen LogP contribution < -0.4 is 5.32 Å². The van der Waals surface area contributed by atoms with E-state index in [0.29, 0.717) is 5.02 Å². The van der Waals surface area contributed by atoms with Crippen LogP contribution in [0.1, 0.15) is 17.0 Å². The fourth-order valence-electron chi connectivity index (χ4n) is 2.25. The summed E-state index contributed by atoms with van der Waals surface area (Å²) in [4.78, 5) is 12.1. The number of hydrogen-bond donors (Lipinski definition) is 1. The molecular weight excluding hydrogens is 314 g/mol. The highest BCUT2D eigenvalue weighted by molar-refractivity contribution is 9.10. The molecule has 4 heteroatoms. The summed E-state index contributed by atoms with van der Waals surface area (Å²) in [5, 5.41) is 3.48. The van der Waals surface area contributed by atoms with Gasteiger partial charge < -0.3 is 5.32 Å². The van der Waals surface area contributed by atoms with Crippen molar-refractivity contribution in [3.05, 3.63) is 63.1 Å². The number of benzene rings is 2. The summed E-state index contributed by atoms with van der Waals surface area (Å²) in [6, 6.07) is 13.3. The van der Waals surface area contributed by atoms with Gasteiger partial charge in [-0.3, -0.25) is 4.79 Å². The van der Waals surface area contributed by atoms with E-state index in [9.17, 15) is 4.79 Å². The largest absolute Gasteiger partial charge is 0.325 e. The third-order valence-electron chi connectivity index (χ3n) is 3.07. The van der Waals surface area contributed by atoms with Crippen molar-refractivity contribution in [2.75, 3.05) is 5.32 Å². The summed E-state index contributed by atoms with van der Waals surface area (Å²) in [6.45, 7) is 0. The molecule has 0 saturated carbocycles. The Balaban J connectivity index is 2.15. The van der Waals surface area contributed by atoms with E-state index in [2.05, 4.69) is 21.2 Å². The van der Waals surface area contributed by atoms with E-state index >= 15 is 0 Å². The Bertz CT molecular complexity index is 641. The summed E-state index contributed by atoms with van der Waals surface area (Å²) in [5.41, 5.74) is 2.68. The predicted octanol–water partition coefficient (Wildman–Crippen LogP) is 4.19. The number of hydrogen-bond acceptors (Lipinski definition) is 1. The summed E-state index contributed by atoms with van der Waals surface area (Å²) in [6.07, 6.45) is 0. The topological polar surface area (TPSA) is 29.1 Å². The Hall–Kier alpha value is -1.32. The average molecular weight is 323 g/mol. The third-order valence-corrected chi connectivity index (χ3v) is 3.89. The highest BCUT2D eigenvalue weighted by atomic mass is 79.9. The van der Waals surface area contributed by atoms with E-state index in [1.807, 2.05) is 42.5 Å². The van der Waals surface area contributed by atoms with Crippen molar-refractivity contribution in [1.29, 1.82) is 0 Å². The number of halogens is 2. The minimum absolute atomic E-state index is 0.0274. The van der Waals surface area contributed by atoms with Gasteiger partial charge in [-0.1, -0.05) is 51.8 Å². The lowest BCUT2D eigenvalue weighted by Crippen LogP contribution is -2.13. The zero-order chi connectivity index (χ0) is 12.7. The zero-order valence-corrected chi connectivity index (χ0v) is 11.6. The SMILES string of the molecule is O=C1Nc2ccccc2C1c1ccc(Br)cc1Cl. The molecule has 2 nitrogen and oxygen atoms in total. The predicted molar refractivity (Wildman–Crippen MR) is 76.1 cm³/mol. The second-order valence-electron chi connectivity index (χ2n) is 4.18. The second-order valence-corrected chi connectivity index (χ2v) is 5.50. The number of para-hydroxylation sites is 1. The molecule has 2 aromatic carbocycles. The zero-order valence-electron chi connectivity index (χ0n) is 9.28. The van der Waals surface area contributed by atoms with Gasteiger partial charge in [-0.25, -0.2) is 0 Å². The van der Waals surface area contributed by atoms with Crippen molar-refractivity contribution < 1.29 is 4.79 Å². The fraction of sp³-hybridized carbons (Fsp3) is 0.0714. The first-order chi connectivity index (χ1) is 8.66. The molecule has 3 rings (SSSR count). The molecule has 2 aromatic rings. The lowest BCUT2D eigenvalue weighted by atomic mass is 9.93. The van der Waals surface area contributed by atoms with Gasteiger partial charge in [0.15, 0.2) is 0 Å². The number of rotatable bonds is 1. The fourth-order valence-corrected chi connectivity index (χ4v) is 3.04. The maximum absolute atomic E-state index is 12.1. The van der Waals surface area contributed by atoms with Crippen LogP contribution in [0.2, 0.25) is 5.02 Å². The van der Waals surface area contributed by atoms with Crippen molar-refractivity contribution in [3.8, 4) is 0 Å². The molecular formula is C14H9BrClNO. The van der Waals surface area contributed by atoms with Crippen LogP contribution >= 0.6 is 27.5 Å². The van der Waals surface area contributed by atoms with Crippen molar-refractivity contribution in [1.82, 2.24) is 0 Å². The van der Waals surface area contributed by atoms with E-state index in [0.717, 1.165) is 21.3 Å². The van der Waals surface area contributed by atoms with Gasteiger partial charge in [-0.05, 0) is 29.3 Å². The van der Waals surface area contributed by atoms with Crippen LogP contribution in [0.5, 0.6) is 0 Å². The van der Waals surface area contributed by atoms with Crippen molar-refractivity contribution >= 4 is 39.1 Å². The molecule has 0 aliphatic carbocycles. The van der Waals surface area contributed by atoms with Crippen molar-refractivity contribution in [3.63, 3.8) is 0 Å². The normalized spacial score (nSPS) is 17.4. The van der Waals surface area contributed by atoms with Crippen LogP contribution in [0, 0.1) is 0 Å². The standard InChI is InChI=1S/C14H9BrClNO/c15-8-5-6-9(11(16)7-8)13-10-3-1-2-4-12(10)17-14(13)18/h1-7,13H,(H,17,18). The number of anilines is 1. The molecule has 0 aromatic heterocycles. The molecule has 0 saturated heterocycles. The maximum Gasteiger partial charge on any atom is 0.236 e. The van der Waals surface area contributed by atoms with Crippen LogP contribution in [0.3, 0.4) is 0 Å². The summed E-state index contributed by atoms with van der Waals surface area (Å²) < 4.78 is 0.906. The summed E-state index contributed by atoms with van der Waals surface area (Å²) >= 11 is 9.60. The molecule has 0 fully saturated rings. The van der Waals surface area contributed by atoms with E-state index in [1.165, 1.54) is 0 Å². The summed E-state index contributed by atoms with van der Waals surface area (Å²) in [5.74, 6) is -0.345.